The zero-order chi connectivity index (χ0) is 12.6. The molecule has 2 fully saturated rings. The van der Waals surface area contributed by atoms with Crippen molar-refractivity contribution in [1.29, 1.82) is 0 Å². The standard InChI is InChI=1S/C16H19NO/c1-3-16(10-11-16)9-8-13-6-7-14(12-4-5-12)15(17-13)18-2/h6-7,12H,3-5,10-11H2,1-2H3. The van der Waals surface area contributed by atoms with E-state index in [1.165, 1.54) is 31.2 Å². The zero-order valence-electron chi connectivity index (χ0n) is 11.1. The number of hydrogen-bond acceptors (Lipinski definition) is 2. The number of hydrogen-bond donors (Lipinski definition) is 0. The van der Waals surface area contributed by atoms with Crippen LogP contribution in [-0.2, 0) is 0 Å². The predicted molar refractivity (Wildman–Crippen MR) is 71.6 cm³/mol. The summed E-state index contributed by atoms with van der Waals surface area (Å²) in [6.07, 6.45) is 6.17. The molecule has 0 aromatic carbocycles. The summed E-state index contributed by atoms with van der Waals surface area (Å²) in [7, 11) is 1.69. The molecule has 2 aliphatic rings. The summed E-state index contributed by atoms with van der Waals surface area (Å²) in [6, 6.07) is 4.17. The molecule has 0 N–H and O–H groups in total. The summed E-state index contributed by atoms with van der Waals surface area (Å²) in [4.78, 5) is 4.52. The van der Waals surface area contributed by atoms with Crippen LogP contribution in [0.25, 0.3) is 0 Å². The van der Waals surface area contributed by atoms with Crippen molar-refractivity contribution in [3.63, 3.8) is 0 Å². The second-order valence-electron chi connectivity index (χ2n) is 5.45. The quantitative estimate of drug-likeness (QED) is 0.755. The van der Waals surface area contributed by atoms with Crippen LogP contribution in [0.3, 0.4) is 0 Å². The Hall–Kier alpha value is -1.49. The van der Waals surface area contributed by atoms with Crippen molar-refractivity contribution in [3.05, 3.63) is 23.4 Å². The van der Waals surface area contributed by atoms with Crippen molar-refractivity contribution in [2.24, 2.45) is 5.41 Å². The van der Waals surface area contributed by atoms with Crippen LogP contribution in [0.5, 0.6) is 5.88 Å². The maximum atomic E-state index is 5.38. The highest BCUT2D eigenvalue weighted by atomic mass is 16.5. The van der Waals surface area contributed by atoms with Gasteiger partial charge in [0.2, 0.25) is 5.88 Å². The van der Waals surface area contributed by atoms with Crippen molar-refractivity contribution >= 4 is 0 Å². The lowest BCUT2D eigenvalue weighted by Gasteiger charge is -2.06. The van der Waals surface area contributed by atoms with E-state index in [-0.39, 0.29) is 0 Å². The number of rotatable bonds is 3. The third-order valence-corrected chi connectivity index (χ3v) is 4.09. The predicted octanol–water partition coefficient (Wildman–Crippen LogP) is 3.51. The van der Waals surface area contributed by atoms with Crippen molar-refractivity contribution in [1.82, 2.24) is 4.98 Å². The van der Waals surface area contributed by atoms with Gasteiger partial charge in [0.1, 0.15) is 5.69 Å². The van der Waals surface area contributed by atoms with E-state index >= 15 is 0 Å². The molecule has 2 saturated carbocycles. The minimum atomic E-state index is 0.296. The van der Waals surface area contributed by atoms with Crippen molar-refractivity contribution in [2.45, 2.75) is 44.9 Å². The molecule has 0 radical (unpaired) electrons. The zero-order valence-corrected chi connectivity index (χ0v) is 11.1. The fourth-order valence-corrected chi connectivity index (χ4v) is 2.30. The van der Waals surface area contributed by atoms with E-state index in [1.54, 1.807) is 7.11 Å². The van der Waals surface area contributed by atoms with Gasteiger partial charge in [0.15, 0.2) is 0 Å². The highest BCUT2D eigenvalue weighted by molar-refractivity contribution is 5.40. The van der Waals surface area contributed by atoms with E-state index in [1.807, 2.05) is 6.07 Å². The van der Waals surface area contributed by atoms with Crippen molar-refractivity contribution in [3.8, 4) is 17.7 Å². The van der Waals surface area contributed by atoms with Crippen LogP contribution in [0, 0.1) is 17.3 Å². The molecule has 0 saturated heterocycles. The Kier molecular flexibility index (Phi) is 2.78. The van der Waals surface area contributed by atoms with Crippen LogP contribution in [0.15, 0.2) is 12.1 Å². The molecule has 0 aliphatic heterocycles. The van der Waals surface area contributed by atoms with Crippen molar-refractivity contribution in [2.75, 3.05) is 7.11 Å². The lowest BCUT2D eigenvalue weighted by atomic mass is 10.0. The van der Waals surface area contributed by atoms with Gasteiger partial charge in [-0.25, -0.2) is 4.98 Å². The van der Waals surface area contributed by atoms with Crippen LogP contribution in [0.2, 0.25) is 0 Å². The molecule has 1 aromatic rings. The van der Waals surface area contributed by atoms with E-state index in [0.29, 0.717) is 11.3 Å². The summed E-state index contributed by atoms with van der Waals surface area (Å²) in [6.45, 7) is 2.21. The molecule has 0 bridgehead atoms. The Balaban J connectivity index is 1.84. The highest BCUT2D eigenvalue weighted by Crippen LogP contribution is 2.48. The van der Waals surface area contributed by atoms with Crippen LogP contribution in [0.1, 0.15) is 56.2 Å². The smallest absolute Gasteiger partial charge is 0.217 e. The van der Waals surface area contributed by atoms with E-state index < -0.39 is 0 Å². The third kappa shape index (κ3) is 2.22. The van der Waals surface area contributed by atoms with E-state index in [0.717, 1.165) is 18.0 Å². The van der Waals surface area contributed by atoms with Gasteiger partial charge in [-0.05, 0) is 50.0 Å². The molecule has 0 atom stereocenters. The SMILES string of the molecule is CCC1(C#Cc2ccc(C3CC3)c(OC)n2)CC1. The first-order chi connectivity index (χ1) is 8.76. The summed E-state index contributed by atoms with van der Waals surface area (Å²) < 4.78 is 5.38. The largest absolute Gasteiger partial charge is 0.481 e. The Morgan fingerprint density at radius 2 is 2.17 bits per heavy atom. The summed E-state index contributed by atoms with van der Waals surface area (Å²) in [5.74, 6) is 8.04. The Bertz CT molecular complexity index is 516. The molecule has 1 aromatic heterocycles. The molecule has 2 nitrogen and oxygen atoms in total. The van der Waals surface area contributed by atoms with E-state index in [2.05, 4.69) is 29.8 Å². The molecule has 2 heteroatoms. The Morgan fingerprint density at radius 3 is 2.72 bits per heavy atom. The molecule has 1 heterocycles. The van der Waals surface area contributed by atoms with Crippen LogP contribution in [0.4, 0.5) is 0 Å². The molecule has 94 valence electrons. The molecule has 2 aliphatic carbocycles. The first-order valence-corrected chi connectivity index (χ1v) is 6.84. The number of ether oxygens (including phenoxy) is 1. The lowest BCUT2D eigenvalue weighted by Crippen LogP contribution is -1.97. The number of aromatic nitrogens is 1. The minimum Gasteiger partial charge on any atom is -0.481 e. The van der Waals surface area contributed by atoms with Gasteiger partial charge in [0.05, 0.1) is 7.11 Å². The van der Waals surface area contributed by atoms with Gasteiger partial charge in [-0.15, -0.1) is 0 Å². The van der Waals surface area contributed by atoms with Gasteiger partial charge in [-0.2, -0.15) is 0 Å². The van der Waals surface area contributed by atoms with Crippen LogP contribution in [-0.4, -0.2) is 12.1 Å². The van der Waals surface area contributed by atoms with Gasteiger partial charge in [-0.3, -0.25) is 0 Å². The first kappa shape index (κ1) is 11.6. The maximum absolute atomic E-state index is 5.38. The van der Waals surface area contributed by atoms with Crippen LogP contribution < -0.4 is 4.74 Å². The number of pyridine rings is 1. The van der Waals surface area contributed by atoms with Crippen molar-refractivity contribution < 1.29 is 4.74 Å². The monoisotopic (exact) mass is 241 g/mol. The number of nitrogens with zero attached hydrogens (tertiary/aromatic N) is 1. The van der Waals surface area contributed by atoms with Gasteiger partial charge < -0.3 is 4.74 Å². The fraction of sp³-hybridized carbons (Fsp3) is 0.562. The van der Waals surface area contributed by atoms with Gasteiger partial charge >= 0.3 is 0 Å². The lowest BCUT2D eigenvalue weighted by molar-refractivity contribution is 0.392. The summed E-state index contributed by atoms with van der Waals surface area (Å²) in [5.41, 5.74) is 2.39. The molecule has 18 heavy (non-hydrogen) atoms. The molecule has 0 unspecified atom stereocenters. The molecular formula is C16H19NO. The molecule has 3 rings (SSSR count). The van der Waals surface area contributed by atoms with Crippen LogP contribution >= 0.6 is 0 Å². The maximum Gasteiger partial charge on any atom is 0.217 e. The van der Waals surface area contributed by atoms with Gasteiger partial charge in [-0.1, -0.05) is 18.9 Å². The van der Waals surface area contributed by atoms with Gasteiger partial charge in [0.25, 0.3) is 0 Å². The first-order valence-electron chi connectivity index (χ1n) is 6.84. The normalized spacial score (nSPS) is 19.9. The minimum absolute atomic E-state index is 0.296. The fourth-order valence-electron chi connectivity index (χ4n) is 2.30. The summed E-state index contributed by atoms with van der Waals surface area (Å²) in [5, 5.41) is 0. The second kappa shape index (κ2) is 4.31. The topological polar surface area (TPSA) is 22.1 Å². The molecule has 0 spiro atoms. The van der Waals surface area contributed by atoms with Gasteiger partial charge in [0, 0.05) is 11.0 Å². The second-order valence-corrected chi connectivity index (χ2v) is 5.45. The summed E-state index contributed by atoms with van der Waals surface area (Å²) >= 11 is 0. The molecule has 0 amide bonds. The average Bonchev–Trinajstić information content (AvgIpc) is 3.30. The average molecular weight is 241 g/mol. The number of methoxy groups -OCH3 is 1. The van der Waals surface area contributed by atoms with E-state index in [4.69, 9.17) is 4.74 Å². The third-order valence-electron chi connectivity index (χ3n) is 4.09. The molecular weight excluding hydrogens is 222 g/mol. The van der Waals surface area contributed by atoms with E-state index in [9.17, 15) is 0 Å². The Labute approximate surface area is 109 Å². The highest BCUT2D eigenvalue weighted by Gasteiger charge is 2.38. The Morgan fingerprint density at radius 1 is 1.39 bits per heavy atom.